The Morgan fingerprint density at radius 3 is 0.265 bits per heavy atom. The second-order valence-corrected chi connectivity index (χ2v) is 38.4. The molecule has 0 aliphatic heterocycles. The Kier molecular flexibility index (Phi) is 39.2. The van der Waals surface area contributed by atoms with Crippen molar-refractivity contribution in [3.05, 3.63) is 334 Å². The molecule has 11 aromatic rings. The van der Waals surface area contributed by atoms with E-state index >= 15 is 0 Å². The lowest BCUT2D eigenvalue weighted by atomic mass is 9.80. The van der Waals surface area contributed by atoms with Crippen LogP contribution < -0.4 is 0 Å². The Morgan fingerprint density at radius 2 is 0.140 bits per heavy atom. The van der Waals surface area contributed by atoms with Gasteiger partial charge in [0.1, 0.15) is 24.3 Å². The summed E-state index contributed by atoms with van der Waals surface area (Å²) in [6, 6.07) is 22.6. The lowest BCUT2D eigenvalue weighted by molar-refractivity contribution is 1.13. The Bertz CT molecular complexity index is 6420. The van der Waals surface area contributed by atoms with Crippen molar-refractivity contribution >= 4 is 0 Å². The van der Waals surface area contributed by atoms with E-state index in [1.165, 1.54) is 200 Å². The normalized spacial score (nSPS) is 10.2. The molecule has 0 heterocycles. The maximum absolute atomic E-state index is 9.61. The van der Waals surface area contributed by atoms with Crippen LogP contribution in [-0.2, 0) is 0 Å². The van der Waals surface area contributed by atoms with Crippen LogP contribution in [0.1, 0.15) is 334 Å². The van der Waals surface area contributed by atoms with E-state index < -0.39 is 0 Å². The van der Waals surface area contributed by atoms with Gasteiger partial charge in [-0.05, 0) is 658 Å². The molecule has 0 aromatic heterocycles. The quantitative estimate of drug-likeness (QED) is 0.162. The van der Waals surface area contributed by atoms with Crippen molar-refractivity contribution in [1.82, 2.24) is 0 Å². The summed E-state index contributed by atoms with van der Waals surface area (Å²) >= 11 is 0. The highest BCUT2D eigenvalue weighted by Crippen LogP contribution is 2.45. The Balaban J connectivity index is 0.000000331. The number of hydrogen-bond acceptors (Lipinski definition) is 10. The van der Waals surface area contributed by atoms with Crippen molar-refractivity contribution in [1.29, 1.82) is 52.6 Å². The molecule has 0 saturated carbocycles. The van der Waals surface area contributed by atoms with Crippen molar-refractivity contribution in [3.63, 3.8) is 0 Å². The van der Waals surface area contributed by atoms with Gasteiger partial charge in [0.25, 0.3) is 0 Å². The van der Waals surface area contributed by atoms with Gasteiger partial charge < -0.3 is 0 Å². The van der Waals surface area contributed by atoms with Crippen molar-refractivity contribution < 1.29 is 0 Å². The van der Waals surface area contributed by atoms with Crippen molar-refractivity contribution in [2.75, 3.05) is 0 Å². The monoisotopic (exact) mass is 1800 g/mol. The summed E-state index contributed by atoms with van der Waals surface area (Å²) in [5, 5.41) is 93.3. The first-order valence-corrected chi connectivity index (χ1v) is 47.0. The van der Waals surface area contributed by atoms with E-state index in [-0.39, 0.29) is 0 Å². The molecule has 0 radical (unpaired) electrons. The van der Waals surface area contributed by atoms with Gasteiger partial charge in [0, 0.05) is 0 Å². The topological polar surface area (TPSA) is 238 Å². The van der Waals surface area contributed by atoms with Gasteiger partial charge in [0.15, 0.2) is 0 Å². The van der Waals surface area contributed by atoms with Crippen LogP contribution in [0.2, 0.25) is 0 Å². The van der Waals surface area contributed by atoms with Crippen LogP contribution in [0.25, 0.3) is 33.4 Å². The van der Waals surface area contributed by atoms with Gasteiger partial charge in [-0.3, -0.25) is 0 Å². The molecule has 0 N–H and O–H groups in total. The first kappa shape index (κ1) is 115. The predicted octanol–water partition coefficient (Wildman–Crippen LogP) is 32.6. The van der Waals surface area contributed by atoms with E-state index in [9.17, 15) is 31.6 Å². The molecule has 0 fully saturated rings. The fourth-order valence-corrected chi connectivity index (χ4v) is 19.5. The predicted molar refractivity (Wildman–Crippen MR) is 572 cm³/mol. The molecule has 0 atom stereocenters. The van der Waals surface area contributed by atoms with E-state index in [0.717, 1.165) is 134 Å². The lowest BCUT2D eigenvalue weighted by Gasteiger charge is -2.23. The highest BCUT2D eigenvalue weighted by Gasteiger charge is 2.28. The molecule has 0 saturated heterocycles. The molecule has 704 valence electrons. The number of nitrogens with zero attached hydrogens (tertiary/aromatic N) is 10. The van der Waals surface area contributed by atoms with Gasteiger partial charge in [0.05, 0.1) is 92.0 Å². The molecule has 0 amide bonds. The van der Waals surface area contributed by atoms with Crippen molar-refractivity contribution in [2.24, 2.45) is 0 Å². The number of rotatable bonds is 3. The molecule has 0 unspecified atom stereocenters. The minimum absolute atomic E-state index is 0.505. The van der Waals surface area contributed by atoms with Crippen LogP contribution in [0.4, 0.5) is 0 Å². The molecule has 136 heavy (non-hydrogen) atoms. The highest BCUT2D eigenvalue weighted by atomic mass is 14.4. The molecule has 0 aliphatic carbocycles. The van der Waals surface area contributed by atoms with Crippen molar-refractivity contribution in [3.8, 4) is 94.1 Å². The molecule has 11 aromatic carbocycles. The van der Waals surface area contributed by atoms with E-state index in [2.05, 4.69) is 303 Å². The smallest absolute Gasteiger partial charge is 0.101 e. The minimum Gasteiger partial charge on any atom is -0.192 e. The lowest BCUT2D eigenvalue weighted by Crippen LogP contribution is -2.06. The molecular formula is C126H150N10. The van der Waals surface area contributed by atoms with E-state index in [0.29, 0.717) is 33.4 Å². The average molecular weight is 1800 g/mol. The fourth-order valence-electron chi connectivity index (χ4n) is 19.5. The molecule has 11 rings (SSSR count). The van der Waals surface area contributed by atoms with Gasteiger partial charge >= 0.3 is 0 Å². The van der Waals surface area contributed by atoms with E-state index in [4.69, 9.17) is 21.0 Å². The molecule has 10 nitrogen and oxygen atoms in total. The summed E-state index contributed by atoms with van der Waals surface area (Å²) in [5.41, 5.74) is 74.4. The second-order valence-electron chi connectivity index (χ2n) is 38.4. The first-order chi connectivity index (χ1) is 63.0. The standard InChI is InChI=1S/3C22H24N2.4C12H15N.C12H18/c2*1-11-12(2)15(5)21(16(6)13(11)3)22-17(7)14(4)19(9-23)20(10-24)18(22)8;1-11-12(2)14(4)21(15(5)13(11)3)22-17(7)19(9-23)16(6)20(10-24)18(22)8;4*1-7-8(2)10(4)12(6-13)11(5)9(7)3;1-7-8(2)10(4)12(6)11(5)9(7)3/h3*1-8H3;4*1-5H3;1-6H3. The molecular weight excluding hydrogens is 1650 g/mol. The van der Waals surface area contributed by atoms with Crippen LogP contribution in [0.3, 0.4) is 0 Å². The third kappa shape index (κ3) is 21.5. The summed E-state index contributed by atoms with van der Waals surface area (Å²) in [6.45, 7) is 105. The molecule has 0 aliphatic rings. The third-order valence-electron chi connectivity index (χ3n) is 33.1. The number of benzene rings is 11. The molecule has 10 heteroatoms. The van der Waals surface area contributed by atoms with Gasteiger partial charge in [-0.1, -0.05) is 0 Å². The highest BCUT2D eigenvalue weighted by molar-refractivity contribution is 5.87. The van der Waals surface area contributed by atoms with Gasteiger partial charge in [-0.15, -0.1) is 0 Å². The number of nitriles is 10. The van der Waals surface area contributed by atoms with Crippen LogP contribution in [0.15, 0.2) is 0 Å². The molecule has 0 spiro atoms. The van der Waals surface area contributed by atoms with Gasteiger partial charge in [-0.25, -0.2) is 0 Å². The maximum atomic E-state index is 9.61. The van der Waals surface area contributed by atoms with Crippen LogP contribution in [-0.4, -0.2) is 0 Å². The van der Waals surface area contributed by atoms with Crippen LogP contribution in [0.5, 0.6) is 0 Å². The van der Waals surface area contributed by atoms with Crippen LogP contribution >= 0.6 is 0 Å². The second kappa shape index (κ2) is 46.5. The largest absolute Gasteiger partial charge is 0.192 e. The Morgan fingerprint density at radius 1 is 0.0735 bits per heavy atom. The first-order valence-electron chi connectivity index (χ1n) is 47.0. The summed E-state index contributed by atoms with van der Waals surface area (Å²) in [6.07, 6.45) is 0. The maximum Gasteiger partial charge on any atom is 0.101 e. The summed E-state index contributed by atoms with van der Waals surface area (Å²) in [7, 11) is 0. The summed E-state index contributed by atoms with van der Waals surface area (Å²) in [5.74, 6) is 0. The number of hydrogen-bond donors (Lipinski definition) is 0. The zero-order valence-electron chi connectivity index (χ0n) is 92.5. The third-order valence-corrected chi connectivity index (χ3v) is 33.1. The summed E-state index contributed by atoms with van der Waals surface area (Å²) in [4.78, 5) is 0. The SMILES string of the molecule is Cc1c(C)c(C)c(-c2c(C)c(C#N)c(C)c(C#N)c2C)c(C)c1C.Cc1c(C)c(C)c(-c2c(C)c(C)c(C#N)c(C#N)c2C)c(C)c1C.Cc1c(C)c(C)c(-c2c(C)c(C)c(C#N)c(C#N)c2C)c(C)c1C.Cc1c(C)c(C)c(C#N)c(C)c1C.Cc1c(C)c(C)c(C#N)c(C)c1C.Cc1c(C)c(C)c(C#N)c(C)c1C.Cc1c(C)c(C)c(C#N)c(C)c1C.Cc1c(C)c(C)c(C)c(C)c1C. The van der Waals surface area contributed by atoms with E-state index in [1.807, 2.05) is 104 Å². The Labute approximate surface area is 821 Å². The van der Waals surface area contributed by atoms with Gasteiger partial charge in [0.2, 0.25) is 0 Å². The van der Waals surface area contributed by atoms with Gasteiger partial charge in [-0.2, -0.15) is 52.6 Å². The zero-order chi connectivity index (χ0) is 105. The van der Waals surface area contributed by atoms with Crippen LogP contribution in [0, 0.1) is 459 Å². The molecule has 0 bridgehead atoms. The Hall–Kier alpha value is -13.7. The fraction of sp³-hybridized carbons (Fsp3) is 0.397. The minimum atomic E-state index is 0.505. The van der Waals surface area contributed by atoms with Crippen molar-refractivity contribution in [2.45, 2.75) is 346 Å². The summed E-state index contributed by atoms with van der Waals surface area (Å²) < 4.78 is 0. The average Bonchev–Trinajstić information content (AvgIpc) is 0.750. The zero-order valence-corrected chi connectivity index (χ0v) is 92.5. The van der Waals surface area contributed by atoms with E-state index in [1.54, 1.807) is 0 Å².